The third-order valence-electron chi connectivity index (χ3n) is 2.35. The van der Waals surface area contributed by atoms with E-state index in [4.69, 9.17) is 25.2 Å². The molecule has 0 aromatic heterocycles. The molecule has 1 aliphatic heterocycles. The lowest BCUT2D eigenvalue weighted by Crippen LogP contribution is -2.39. The first-order chi connectivity index (χ1) is 7.85. The third kappa shape index (κ3) is 2.04. The van der Waals surface area contributed by atoms with Crippen molar-refractivity contribution in [1.82, 2.24) is 0 Å². The van der Waals surface area contributed by atoms with E-state index in [9.17, 15) is 4.79 Å². The number of fused-ring (bicyclic) bond motifs is 1. The highest BCUT2D eigenvalue weighted by Gasteiger charge is 2.36. The van der Waals surface area contributed by atoms with Gasteiger partial charge < -0.3 is 14.2 Å². The van der Waals surface area contributed by atoms with Crippen molar-refractivity contribution in [2.24, 2.45) is 0 Å². The molecule has 0 amide bonds. The Kier molecular flexibility index (Phi) is 2.89. The van der Waals surface area contributed by atoms with Crippen LogP contribution < -0.4 is 9.47 Å². The van der Waals surface area contributed by atoms with Gasteiger partial charge in [-0.25, -0.2) is 4.79 Å². The van der Waals surface area contributed by atoms with Gasteiger partial charge >= 0.3 is 5.97 Å². The van der Waals surface area contributed by atoms with Crippen LogP contribution in [-0.2, 0) is 4.74 Å². The maximum absolute atomic E-state index is 11.6. The lowest BCUT2D eigenvalue weighted by Gasteiger charge is -2.18. The molecule has 1 heterocycles. The summed E-state index contributed by atoms with van der Waals surface area (Å²) in [6.07, 6.45) is 0. The number of methoxy groups -OCH3 is 1. The van der Waals surface area contributed by atoms with Gasteiger partial charge in [0.25, 0.3) is 0 Å². The molecule has 0 N–H and O–H groups in total. The Morgan fingerprint density at radius 2 is 2.00 bits per heavy atom. The molecule has 4 nitrogen and oxygen atoms in total. The van der Waals surface area contributed by atoms with Crippen LogP contribution in [-0.4, -0.2) is 34.4 Å². The van der Waals surface area contributed by atoms with Crippen LogP contribution in [0.5, 0.6) is 11.5 Å². The minimum Gasteiger partial charge on any atom is -0.468 e. The van der Waals surface area contributed by atoms with Crippen molar-refractivity contribution in [3.05, 3.63) is 21.7 Å². The molecule has 84 valence electrons. The second kappa shape index (κ2) is 3.98. The maximum Gasteiger partial charge on any atom is 0.341 e. The Morgan fingerprint density at radius 1 is 1.41 bits per heavy atom. The zero-order valence-electron chi connectivity index (χ0n) is 9.24. The molecule has 0 aliphatic carbocycles. The van der Waals surface area contributed by atoms with E-state index in [1.165, 1.54) is 7.11 Å². The van der Waals surface area contributed by atoms with Gasteiger partial charge in [-0.05, 0) is 13.0 Å². The van der Waals surface area contributed by atoms with Gasteiger partial charge in [-0.15, -0.1) is 0 Å². The van der Waals surface area contributed by atoms with Gasteiger partial charge in [0, 0.05) is 10.0 Å². The summed E-state index contributed by atoms with van der Waals surface area (Å²) in [5.74, 6) is -0.0180. The van der Waals surface area contributed by atoms with E-state index in [-0.39, 0.29) is 11.3 Å². The third-order valence-corrected chi connectivity index (χ3v) is 3.17. The first kappa shape index (κ1) is 12.4. The van der Waals surface area contributed by atoms with Gasteiger partial charge in [-0.3, -0.25) is 0 Å². The van der Waals surface area contributed by atoms with Crippen LogP contribution >= 0.6 is 15.9 Å². The summed E-state index contributed by atoms with van der Waals surface area (Å²) in [6, 6.07) is 1.57. The second-order valence-electron chi connectivity index (χ2n) is 3.61. The number of carbonyl (C=O) groups excluding carboxylic acids is 1. The van der Waals surface area contributed by atoms with Gasteiger partial charge in [0.1, 0.15) is 5.56 Å². The number of benzene rings is 1. The fourth-order valence-electron chi connectivity index (χ4n) is 1.53. The molecule has 4 radical (unpaired) electrons. The number of ether oxygens (including phenoxy) is 3. The Bertz CT molecular complexity index is 502. The van der Waals surface area contributed by atoms with E-state index >= 15 is 0 Å². The molecule has 17 heavy (non-hydrogen) atoms. The molecule has 0 fully saturated rings. The summed E-state index contributed by atoms with van der Waals surface area (Å²) in [4.78, 5) is 11.6. The molecule has 0 atom stereocenters. The van der Waals surface area contributed by atoms with E-state index in [2.05, 4.69) is 20.7 Å². The topological polar surface area (TPSA) is 44.8 Å². The van der Waals surface area contributed by atoms with Crippen molar-refractivity contribution < 1.29 is 19.0 Å². The first-order valence-electron chi connectivity index (χ1n) is 4.73. The van der Waals surface area contributed by atoms with Crippen LogP contribution in [0.3, 0.4) is 0 Å². The number of carbonyl (C=O) groups is 1. The van der Waals surface area contributed by atoms with Crippen molar-refractivity contribution in [2.45, 2.75) is 12.5 Å². The Balaban J connectivity index is 2.63. The average Bonchev–Trinajstić information content (AvgIpc) is 2.58. The van der Waals surface area contributed by atoms with Crippen molar-refractivity contribution in [3.63, 3.8) is 0 Å². The molecule has 0 spiro atoms. The SMILES string of the molecule is [B]C1([B])Oc2c(C(=O)OC)cc(Br)c(C)c2O1. The van der Waals surface area contributed by atoms with Crippen molar-refractivity contribution >= 4 is 37.6 Å². The average molecular weight is 293 g/mol. The molecule has 0 unspecified atom stereocenters. The van der Waals surface area contributed by atoms with Crippen LogP contribution in [0.2, 0.25) is 0 Å². The number of rotatable bonds is 1. The molecule has 0 saturated carbocycles. The van der Waals surface area contributed by atoms with Crippen LogP contribution in [0.25, 0.3) is 0 Å². The summed E-state index contributed by atoms with van der Waals surface area (Å²) in [5.41, 5.74) is -0.820. The zero-order chi connectivity index (χ0) is 12.8. The highest BCUT2D eigenvalue weighted by atomic mass is 79.9. The molecule has 0 saturated heterocycles. The molecule has 1 aliphatic rings. The molecule has 2 rings (SSSR count). The van der Waals surface area contributed by atoms with E-state index in [0.717, 1.165) is 5.56 Å². The Labute approximate surface area is 110 Å². The van der Waals surface area contributed by atoms with Crippen LogP contribution in [0.15, 0.2) is 10.5 Å². The molecule has 0 bridgehead atoms. The highest BCUT2D eigenvalue weighted by Crippen LogP contribution is 2.45. The highest BCUT2D eigenvalue weighted by molar-refractivity contribution is 9.10. The van der Waals surface area contributed by atoms with E-state index in [1.807, 2.05) is 0 Å². The van der Waals surface area contributed by atoms with E-state index in [1.54, 1.807) is 13.0 Å². The first-order valence-corrected chi connectivity index (χ1v) is 5.52. The monoisotopic (exact) mass is 292 g/mol. The predicted molar refractivity (Wildman–Crippen MR) is 65.7 cm³/mol. The Hall–Kier alpha value is -1.10. The van der Waals surface area contributed by atoms with Crippen LogP contribution in [0.1, 0.15) is 15.9 Å². The van der Waals surface area contributed by atoms with Crippen LogP contribution in [0, 0.1) is 6.92 Å². The summed E-state index contributed by atoms with van der Waals surface area (Å²) in [6.45, 7) is 1.79. The molecule has 1 aromatic rings. The normalized spacial score (nSPS) is 15.7. The summed E-state index contributed by atoms with van der Waals surface area (Å²) >= 11 is 3.31. The number of hydrogen-bond donors (Lipinski definition) is 0. The van der Waals surface area contributed by atoms with Gasteiger partial charge in [0.15, 0.2) is 32.8 Å². The van der Waals surface area contributed by atoms with Crippen molar-refractivity contribution in [1.29, 1.82) is 0 Å². The van der Waals surface area contributed by atoms with Gasteiger partial charge in [0.05, 0.1) is 7.11 Å². The van der Waals surface area contributed by atoms with Crippen molar-refractivity contribution in [2.75, 3.05) is 7.11 Å². The standard InChI is InChI=1S/C10H7B2BrO4/c1-4-6(13)3-5(9(14)15-2)8-7(4)16-10(11,12)17-8/h3H,1-2H3. The van der Waals surface area contributed by atoms with Gasteiger partial charge in [0.2, 0.25) is 0 Å². The fraction of sp³-hybridized carbons (Fsp3) is 0.300. The number of hydrogen-bond acceptors (Lipinski definition) is 4. The van der Waals surface area contributed by atoms with Crippen molar-refractivity contribution in [3.8, 4) is 11.5 Å². The molecular formula is C10H7B2BrO4. The second-order valence-corrected chi connectivity index (χ2v) is 4.46. The van der Waals surface area contributed by atoms with Gasteiger partial charge in [-0.2, -0.15) is 0 Å². The lowest BCUT2D eigenvalue weighted by atomic mass is 9.76. The zero-order valence-corrected chi connectivity index (χ0v) is 10.8. The van der Waals surface area contributed by atoms with E-state index < -0.39 is 11.6 Å². The lowest BCUT2D eigenvalue weighted by molar-refractivity contribution is 0.0584. The predicted octanol–water partition coefficient (Wildman–Crippen LogP) is 1.26. The molecule has 1 aromatic carbocycles. The van der Waals surface area contributed by atoms with Gasteiger partial charge in [-0.1, -0.05) is 15.9 Å². The summed E-state index contributed by atoms with van der Waals surface area (Å²) in [7, 11) is 12.3. The molecule has 7 heteroatoms. The quantitative estimate of drug-likeness (QED) is 0.577. The maximum atomic E-state index is 11.6. The Morgan fingerprint density at radius 3 is 2.59 bits per heavy atom. The smallest absolute Gasteiger partial charge is 0.341 e. The number of halogens is 1. The molecular weight excluding hydrogens is 286 g/mol. The number of esters is 1. The van der Waals surface area contributed by atoms with Crippen LogP contribution in [0.4, 0.5) is 0 Å². The fourth-order valence-corrected chi connectivity index (χ4v) is 1.94. The summed E-state index contributed by atoms with van der Waals surface area (Å²) in [5, 5.41) is 0. The van der Waals surface area contributed by atoms with E-state index in [0.29, 0.717) is 10.2 Å². The largest absolute Gasteiger partial charge is 0.468 e. The summed E-state index contributed by atoms with van der Waals surface area (Å²) < 4.78 is 15.8. The minimum atomic E-state index is -1.77. The minimum absolute atomic E-state index is 0.197.